The molecule has 0 spiro atoms. The third-order valence-electron chi connectivity index (χ3n) is 3.67. The summed E-state index contributed by atoms with van der Waals surface area (Å²) in [7, 11) is 2.04. The van der Waals surface area contributed by atoms with Gasteiger partial charge >= 0.3 is 0 Å². The summed E-state index contributed by atoms with van der Waals surface area (Å²) in [5.74, 6) is 0. The lowest BCUT2D eigenvalue weighted by Crippen LogP contribution is -2.17. The molecule has 0 saturated heterocycles. The van der Waals surface area contributed by atoms with E-state index in [1.807, 2.05) is 7.05 Å². The van der Waals surface area contributed by atoms with Crippen LogP contribution in [0.2, 0.25) is 0 Å². The lowest BCUT2D eigenvalue weighted by Gasteiger charge is -2.17. The minimum absolute atomic E-state index is 0.432. The van der Waals surface area contributed by atoms with Crippen molar-refractivity contribution < 1.29 is 0 Å². The molecule has 0 aromatic heterocycles. The molecule has 0 amide bonds. The van der Waals surface area contributed by atoms with Gasteiger partial charge in [-0.2, -0.15) is 0 Å². The molecule has 0 fully saturated rings. The molecule has 100 valence electrons. The molecular weight excluding hydrogens is 230 g/mol. The highest BCUT2D eigenvalue weighted by molar-refractivity contribution is 5.25. The highest BCUT2D eigenvalue weighted by atomic mass is 14.9. The van der Waals surface area contributed by atoms with Gasteiger partial charge in [0.2, 0.25) is 0 Å². The van der Waals surface area contributed by atoms with Crippen molar-refractivity contribution in [2.45, 2.75) is 32.7 Å². The zero-order chi connectivity index (χ0) is 13.7. The van der Waals surface area contributed by atoms with Gasteiger partial charge in [-0.1, -0.05) is 59.7 Å². The Morgan fingerprint density at radius 2 is 1.37 bits per heavy atom. The molecule has 19 heavy (non-hydrogen) atoms. The molecule has 0 saturated carbocycles. The second-order valence-electron chi connectivity index (χ2n) is 5.28. The summed E-state index contributed by atoms with van der Waals surface area (Å²) in [5, 5.41) is 3.42. The highest BCUT2D eigenvalue weighted by Crippen LogP contribution is 2.19. The molecule has 2 aromatic carbocycles. The Balaban J connectivity index is 1.99. The van der Waals surface area contributed by atoms with E-state index in [1.165, 1.54) is 22.3 Å². The maximum absolute atomic E-state index is 3.42. The van der Waals surface area contributed by atoms with Gasteiger partial charge in [-0.05, 0) is 44.9 Å². The number of hydrogen-bond acceptors (Lipinski definition) is 1. The molecule has 2 rings (SSSR count). The average molecular weight is 253 g/mol. The minimum Gasteiger partial charge on any atom is -0.313 e. The quantitative estimate of drug-likeness (QED) is 0.842. The van der Waals surface area contributed by atoms with Crippen molar-refractivity contribution in [2.75, 3.05) is 7.05 Å². The fourth-order valence-electron chi connectivity index (χ4n) is 2.34. The van der Waals surface area contributed by atoms with Gasteiger partial charge in [-0.25, -0.2) is 0 Å². The van der Waals surface area contributed by atoms with Crippen LogP contribution in [0.15, 0.2) is 48.5 Å². The van der Waals surface area contributed by atoms with E-state index in [4.69, 9.17) is 0 Å². The van der Waals surface area contributed by atoms with Crippen LogP contribution in [0, 0.1) is 13.8 Å². The van der Waals surface area contributed by atoms with Crippen molar-refractivity contribution in [1.29, 1.82) is 0 Å². The predicted molar refractivity (Wildman–Crippen MR) is 82.5 cm³/mol. The fourth-order valence-corrected chi connectivity index (χ4v) is 2.34. The van der Waals surface area contributed by atoms with E-state index < -0.39 is 0 Å². The molecule has 1 unspecified atom stereocenters. The summed E-state index contributed by atoms with van der Waals surface area (Å²) < 4.78 is 0. The molecule has 1 N–H and O–H groups in total. The molecule has 0 bridgehead atoms. The third-order valence-corrected chi connectivity index (χ3v) is 3.67. The second-order valence-corrected chi connectivity index (χ2v) is 5.28. The van der Waals surface area contributed by atoms with Crippen molar-refractivity contribution in [3.8, 4) is 0 Å². The molecular formula is C18H23N. The van der Waals surface area contributed by atoms with Gasteiger partial charge in [0.15, 0.2) is 0 Å². The number of aryl methyl sites for hydroxylation is 3. The largest absolute Gasteiger partial charge is 0.313 e. The zero-order valence-electron chi connectivity index (χ0n) is 12.1. The number of benzene rings is 2. The Morgan fingerprint density at radius 3 is 1.89 bits per heavy atom. The standard InChI is InChI=1S/C18H23N/c1-14-4-8-16(9-5-14)10-13-18(19-3)17-11-6-15(2)7-12-17/h4-9,11-12,18-19H,10,13H2,1-3H3. The first-order valence-corrected chi connectivity index (χ1v) is 6.98. The van der Waals surface area contributed by atoms with Crippen LogP contribution >= 0.6 is 0 Å². The molecule has 1 nitrogen and oxygen atoms in total. The van der Waals surface area contributed by atoms with Crippen LogP contribution in [-0.2, 0) is 6.42 Å². The van der Waals surface area contributed by atoms with E-state index in [1.54, 1.807) is 0 Å². The Labute approximate surface area is 116 Å². The number of nitrogens with one attached hydrogen (secondary N) is 1. The minimum atomic E-state index is 0.432. The van der Waals surface area contributed by atoms with E-state index in [0.717, 1.165) is 12.8 Å². The van der Waals surface area contributed by atoms with Crippen LogP contribution < -0.4 is 5.32 Å². The zero-order valence-corrected chi connectivity index (χ0v) is 12.1. The lowest BCUT2D eigenvalue weighted by molar-refractivity contribution is 0.549. The summed E-state index contributed by atoms with van der Waals surface area (Å²) in [6.07, 6.45) is 2.24. The summed E-state index contributed by atoms with van der Waals surface area (Å²) in [5.41, 5.74) is 5.43. The smallest absolute Gasteiger partial charge is 0.0320 e. The van der Waals surface area contributed by atoms with Crippen molar-refractivity contribution in [3.63, 3.8) is 0 Å². The monoisotopic (exact) mass is 253 g/mol. The van der Waals surface area contributed by atoms with E-state index in [-0.39, 0.29) is 0 Å². The van der Waals surface area contributed by atoms with Gasteiger partial charge in [0, 0.05) is 6.04 Å². The van der Waals surface area contributed by atoms with Gasteiger partial charge in [0.1, 0.15) is 0 Å². The van der Waals surface area contributed by atoms with Crippen LogP contribution in [-0.4, -0.2) is 7.05 Å². The van der Waals surface area contributed by atoms with Gasteiger partial charge in [0.25, 0.3) is 0 Å². The highest BCUT2D eigenvalue weighted by Gasteiger charge is 2.08. The molecule has 0 aliphatic heterocycles. The van der Waals surface area contributed by atoms with Gasteiger partial charge < -0.3 is 5.32 Å². The molecule has 0 aliphatic rings. The van der Waals surface area contributed by atoms with Crippen molar-refractivity contribution >= 4 is 0 Å². The molecule has 0 radical (unpaired) electrons. The normalized spacial score (nSPS) is 12.4. The molecule has 2 aromatic rings. The molecule has 1 atom stereocenters. The predicted octanol–water partition coefficient (Wildman–Crippen LogP) is 4.20. The van der Waals surface area contributed by atoms with Crippen LogP contribution in [0.3, 0.4) is 0 Å². The van der Waals surface area contributed by atoms with Gasteiger partial charge in [-0.3, -0.25) is 0 Å². The number of rotatable bonds is 5. The topological polar surface area (TPSA) is 12.0 Å². The first-order valence-electron chi connectivity index (χ1n) is 6.98. The summed E-state index contributed by atoms with van der Waals surface area (Å²) in [4.78, 5) is 0. The Bertz CT molecular complexity index is 496. The van der Waals surface area contributed by atoms with Crippen LogP contribution in [0.5, 0.6) is 0 Å². The Morgan fingerprint density at radius 1 is 0.842 bits per heavy atom. The Hall–Kier alpha value is -1.60. The van der Waals surface area contributed by atoms with Gasteiger partial charge in [0.05, 0.1) is 0 Å². The Kier molecular flexibility index (Phi) is 4.75. The van der Waals surface area contributed by atoms with Crippen LogP contribution in [0.25, 0.3) is 0 Å². The van der Waals surface area contributed by atoms with E-state index in [9.17, 15) is 0 Å². The van der Waals surface area contributed by atoms with Gasteiger partial charge in [-0.15, -0.1) is 0 Å². The summed E-state index contributed by atoms with van der Waals surface area (Å²) >= 11 is 0. The summed E-state index contributed by atoms with van der Waals surface area (Å²) in [6, 6.07) is 18.1. The first kappa shape index (κ1) is 13.8. The van der Waals surface area contributed by atoms with Crippen LogP contribution in [0.4, 0.5) is 0 Å². The molecule has 0 aliphatic carbocycles. The second kappa shape index (κ2) is 6.53. The first-order chi connectivity index (χ1) is 9.19. The van der Waals surface area contributed by atoms with E-state index in [0.29, 0.717) is 6.04 Å². The van der Waals surface area contributed by atoms with Crippen molar-refractivity contribution in [1.82, 2.24) is 5.32 Å². The van der Waals surface area contributed by atoms with Crippen molar-refractivity contribution in [2.24, 2.45) is 0 Å². The van der Waals surface area contributed by atoms with E-state index in [2.05, 4.69) is 67.7 Å². The number of hydrogen-bond donors (Lipinski definition) is 1. The lowest BCUT2D eigenvalue weighted by atomic mass is 9.98. The summed E-state index contributed by atoms with van der Waals surface area (Å²) in [6.45, 7) is 4.26. The molecule has 1 heteroatoms. The average Bonchev–Trinajstić information content (AvgIpc) is 2.43. The molecule has 0 heterocycles. The maximum Gasteiger partial charge on any atom is 0.0320 e. The fraction of sp³-hybridized carbons (Fsp3) is 0.333. The van der Waals surface area contributed by atoms with E-state index >= 15 is 0 Å². The van der Waals surface area contributed by atoms with Crippen LogP contribution in [0.1, 0.15) is 34.7 Å². The van der Waals surface area contributed by atoms with Crippen molar-refractivity contribution in [3.05, 3.63) is 70.8 Å². The third kappa shape index (κ3) is 3.93. The maximum atomic E-state index is 3.42. The SMILES string of the molecule is CNC(CCc1ccc(C)cc1)c1ccc(C)cc1.